The number of phosphoric acid groups is 3. The van der Waals surface area contributed by atoms with Gasteiger partial charge in [-0.05, 0) is 13.8 Å². The number of hydrogen-bond donors (Lipinski definition) is 7. The zero-order valence-electron chi connectivity index (χ0n) is 16.6. The molecular weight excluding hydrogens is 517 g/mol. The second-order valence-electron chi connectivity index (χ2n) is 6.49. The highest BCUT2D eigenvalue weighted by molar-refractivity contribution is 7.66. The van der Waals surface area contributed by atoms with E-state index in [0.29, 0.717) is 4.57 Å². The number of aliphatic hydroxyl groups excluding tert-OH is 1. The molecule has 3 unspecified atom stereocenters. The molecule has 33 heavy (non-hydrogen) atoms. The maximum atomic E-state index is 12.1. The summed E-state index contributed by atoms with van der Waals surface area (Å²) in [5.41, 5.74) is 2.05. The molecule has 7 atom stereocenters. The van der Waals surface area contributed by atoms with Crippen LogP contribution in [0.25, 0.3) is 0 Å². The van der Waals surface area contributed by atoms with Crippen LogP contribution >= 0.6 is 23.5 Å². The molecular formula is C12H19N4O14P3. The van der Waals surface area contributed by atoms with Crippen molar-refractivity contribution in [2.24, 2.45) is 5.73 Å². The molecule has 1 aromatic rings. The maximum absolute atomic E-state index is 12.1. The Hall–Kier alpha value is -1.54. The Morgan fingerprint density at radius 1 is 1.24 bits per heavy atom. The Kier molecular flexibility index (Phi) is 8.06. The van der Waals surface area contributed by atoms with Crippen LogP contribution in [-0.2, 0) is 31.6 Å². The summed E-state index contributed by atoms with van der Waals surface area (Å²) >= 11 is 0. The van der Waals surface area contributed by atoms with E-state index >= 15 is 0 Å². The first-order valence-corrected chi connectivity index (χ1v) is 13.0. The van der Waals surface area contributed by atoms with Crippen molar-refractivity contribution < 1.29 is 56.3 Å². The molecule has 2 heterocycles. The van der Waals surface area contributed by atoms with E-state index in [0.717, 1.165) is 13.3 Å². The SMILES string of the molecule is CC#CC1(N)[C@@H](O)[C@@H]([C@H](C)OP(=O)(O)OP(=O)(O)OP(=O)(O)O)O[C@H]1n1cnc(=O)[nH]c1=O. The Morgan fingerprint density at radius 3 is 2.36 bits per heavy atom. The first kappa shape index (κ1) is 27.7. The number of hydrogen-bond acceptors (Lipinski definition) is 12. The fraction of sp³-hybridized carbons (Fsp3) is 0.583. The molecule has 1 aliphatic rings. The lowest BCUT2D eigenvalue weighted by Gasteiger charge is -2.28. The third kappa shape index (κ3) is 6.75. The standard InChI is InChI=1S/C12H19N4O14P3/c1-3-4-12(13)8(17)7(27-9(12)16-5-14-10(18)15-11(16)19)6(2)28-32(23,24)30-33(25,26)29-31(20,21)22/h5-9,17H,13H2,1-2H3,(H,23,24)(H,25,26)(H,15,18,19)(H2,20,21,22)/t6-,7+,8-,9+,12?/m0/s1. The minimum atomic E-state index is -5.79. The summed E-state index contributed by atoms with van der Waals surface area (Å²) in [6.07, 6.45) is -5.98. The van der Waals surface area contributed by atoms with Crippen molar-refractivity contribution in [2.75, 3.05) is 0 Å². The van der Waals surface area contributed by atoms with Crippen LogP contribution in [0.1, 0.15) is 20.1 Å². The second kappa shape index (κ2) is 9.61. The van der Waals surface area contributed by atoms with E-state index in [1.807, 2.05) is 4.98 Å². The minimum absolute atomic E-state index is 0.687. The third-order valence-corrected chi connectivity index (χ3v) is 7.94. The number of aliphatic hydroxyl groups is 1. The molecule has 0 aliphatic carbocycles. The van der Waals surface area contributed by atoms with Gasteiger partial charge in [-0.2, -0.15) is 13.6 Å². The molecule has 1 saturated heterocycles. The quantitative estimate of drug-likeness (QED) is 0.135. The van der Waals surface area contributed by atoms with Crippen molar-refractivity contribution >= 4 is 23.5 Å². The van der Waals surface area contributed by atoms with E-state index in [1.54, 1.807) is 0 Å². The second-order valence-corrected chi connectivity index (χ2v) is 10.9. The number of aromatic nitrogens is 3. The van der Waals surface area contributed by atoms with Gasteiger partial charge in [0.1, 0.15) is 18.5 Å². The predicted octanol–water partition coefficient (Wildman–Crippen LogP) is -2.36. The lowest BCUT2D eigenvalue weighted by Crippen LogP contribution is -2.56. The summed E-state index contributed by atoms with van der Waals surface area (Å²) in [5, 5.41) is 10.7. The molecule has 0 bridgehead atoms. The summed E-state index contributed by atoms with van der Waals surface area (Å²) in [5.74, 6) is 4.86. The van der Waals surface area contributed by atoms with Crippen molar-refractivity contribution in [1.29, 1.82) is 0 Å². The number of nitrogens with zero attached hydrogens (tertiary/aromatic N) is 2. The number of aromatic amines is 1. The zero-order valence-corrected chi connectivity index (χ0v) is 19.3. The van der Waals surface area contributed by atoms with Crippen LogP contribution in [0.15, 0.2) is 15.9 Å². The molecule has 0 spiro atoms. The van der Waals surface area contributed by atoms with Gasteiger partial charge in [0.25, 0.3) is 0 Å². The van der Waals surface area contributed by atoms with Gasteiger partial charge in [-0.25, -0.2) is 23.3 Å². The molecule has 1 fully saturated rings. The highest BCUT2D eigenvalue weighted by atomic mass is 31.3. The third-order valence-electron chi connectivity index (χ3n) is 4.02. The summed E-state index contributed by atoms with van der Waals surface area (Å²) in [6, 6.07) is 0. The van der Waals surface area contributed by atoms with Crippen LogP contribution in [0.4, 0.5) is 0 Å². The van der Waals surface area contributed by atoms with Crippen LogP contribution in [0.2, 0.25) is 0 Å². The van der Waals surface area contributed by atoms with Crippen molar-refractivity contribution in [3.8, 4) is 11.8 Å². The van der Waals surface area contributed by atoms with E-state index < -0.39 is 64.9 Å². The molecule has 1 aromatic heterocycles. The largest absolute Gasteiger partial charge is 0.490 e. The summed E-state index contributed by atoms with van der Waals surface area (Å²) < 4.78 is 52.2. The summed E-state index contributed by atoms with van der Waals surface area (Å²) in [7, 11) is -17.0. The number of nitrogens with two attached hydrogens (primary N) is 1. The van der Waals surface area contributed by atoms with Crippen molar-refractivity contribution in [1.82, 2.24) is 14.5 Å². The number of phosphoric ester groups is 1. The molecule has 0 radical (unpaired) electrons. The average Bonchev–Trinajstić information content (AvgIpc) is 2.83. The molecule has 2 rings (SSSR count). The van der Waals surface area contributed by atoms with Crippen LogP contribution in [-0.4, -0.2) is 63.1 Å². The van der Waals surface area contributed by atoms with E-state index in [2.05, 4.69) is 30.0 Å². The summed E-state index contributed by atoms with van der Waals surface area (Å²) in [4.78, 5) is 64.6. The molecule has 0 amide bonds. The van der Waals surface area contributed by atoms with Crippen molar-refractivity contribution in [3.63, 3.8) is 0 Å². The van der Waals surface area contributed by atoms with Crippen LogP contribution in [0.3, 0.4) is 0 Å². The highest BCUT2D eigenvalue weighted by Gasteiger charge is 2.57. The Balaban J connectivity index is 2.32. The lowest BCUT2D eigenvalue weighted by atomic mass is 9.90. The van der Waals surface area contributed by atoms with Crippen LogP contribution in [0, 0.1) is 11.8 Å². The van der Waals surface area contributed by atoms with Gasteiger partial charge in [0.05, 0.1) is 6.10 Å². The first-order valence-electron chi connectivity index (χ1n) is 8.47. The lowest BCUT2D eigenvalue weighted by molar-refractivity contribution is -0.0758. The average molecular weight is 536 g/mol. The number of rotatable bonds is 8. The molecule has 0 aromatic carbocycles. The van der Waals surface area contributed by atoms with E-state index in [-0.39, 0.29) is 0 Å². The maximum Gasteiger partial charge on any atom is 0.490 e. The Bertz CT molecular complexity index is 1210. The van der Waals surface area contributed by atoms with E-state index in [1.165, 1.54) is 6.92 Å². The van der Waals surface area contributed by atoms with Gasteiger partial charge < -0.3 is 35.2 Å². The topological polar surface area (TPSA) is 283 Å². The number of ether oxygens (including phenoxy) is 1. The fourth-order valence-corrected chi connectivity index (χ4v) is 6.06. The minimum Gasteiger partial charge on any atom is -0.387 e. The first-order chi connectivity index (χ1) is 14.9. The number of H-pyrrole nitrogens is 1. The molecule has 21 heteroatoms. The molecule has 0 saturated carbocycles. The Morgan fingerprint density at radius 2 is 1.85 bits per heavy atom. The fourth-order valence-electron chi connectivity index (χ4n) is 2.86. The molecule has 18 nitrogen and oxygen atoms in total. The monoisotopic (exact) mass is 536 g/mol. The highest BCUT2D eigenvalue weighted by Crippen LogP contribution is 2.66. The molecule has 1 aliphatic heterocycles. The van der Waals surface area contributed by atoms with E-state index in [9.17, 15) is 38.2 Å². The van der Waals surface area contributed by atoms with Gasteiger partial charge in [0.15, 0.2) is 11.8 Å². The van der Waals surface area contributed by atoms with Crippen LogP contribution in [0.5, 0.6) is 0 Å². The smallest absolute Gasteiger partial charge is 0.387 e. The van der Waals surface area contributed by atoms with Gasteiger partial charge in [-0.1, -0.05) is 5.92 Å². The zero-order chi connectivity index (χ0) is 25.4. The van der Waals surface area contributed by atoms with Crippen molar-refractivity contribution in [2.45, 2.75) is 43.9 Å². The van der Waals surface area contributed by atoms with Crippen LogP contribution < -0.4 is 17.1 Å². The molecule has 186 valence electrons. The Labute approximate surface area is 183 Å². The summed E-state index contributed by atoms with van der Waals surface area (Å²) in [6.45, 7) is 2.37. The van der Waals surface area contributed by atoms with Gasteiger partial charge in [0, 0.05) is 0 Å². The predicted molar refractivity (Wildman–Crippen MR) is 104 cm³/mol. The van der Waals surface area contributed by atoms with Gasteiger partial charge >= 0.3 is 34.8 Å². The van der Waals surface area contributed by atoms with E-state index in [4.69, 9.17) is 20.3 Å². The van der Waals surface area contributed by atoms with Crippen molar-refractivity contribution in [3.05, 3.63) is 27.3 Å². The van der Waals surface area contributed by atoms with Gasteiger partial charge in [-0.15, -0.1) is 5.92 Å². The van der Waals surface area contributed by atoms with Gasteiger partial charge in [0.2, 0.25) is 0 Å². The van der Waals surface area contributed by atoms with Gasteiger partial charge in [-0.3, -0.25) is 14.1 Å². The molecule has 8 N–H and O–H groups in total. The number of nitrogens with one attached hydrogen (secondary N) is 1. The normalized spacial score (nSPS) is 30.0.